The molecule has 176 valence electrons. The zero-order chi connectivity index (χ0) is 24.4. The third-order valence-corrected chi connectivity index (χ3v) is 8.07. The fourth-order valence-electron chi connectivity index (χ4n) is 3.70. The highest BCUT2D eigenvalue weighted by Crippen LogP contribution is 2.44. The number of ketones is 1. The minimum Gasteiger partial charge on any atom is -0.465 e. The van der Waals surface area contributed by atoms with Gasteiger partial charge in [0.15, 0.2) is 0 Å². The maximum absolute atomic E-state index is 13.6. The van der Waals surface area contributed by atoms with Crippen molar-refractivity contribution in [3.8, 4) is 0 Å². The van der Waals surface area contributed by atoms with Crippen molar-refractivity contribution in [2.75, 3.05) is 19.0 Å². The molecule has 0 radical (unpaired) electrons. The second-order valence-electron chi connectivity index (χ2n) is 7.43. The monoisotopic (exact) mass is 559 g/mol. The lowest BCUT2D eigenvalue weighted by atomic mass is 10.1. The summed E-state index contributed by atoms with van der Waals surface area (Å²) in [5.74, 6) is -0.908. The first kappa shape index (κ1) is 24.5. The molecule has 0 saturated carbocycles. The number of rotatable bonds is 8. The van der Waals surface area contributed by atoms with E-state index < -0.39 is 5.97 Å². The van der Waals surface area contributed by atoms with Gasteiger partial charge in [0.2, 0.25) is 5.78 Å². The number of nitrogens with zero attached hydrogens (tertiary/aromatic N) is 1. The number of aromatic nitrogens is 1. The van der Waals surface area contributed by atoms with Gasteiger partial charge in [0.25, 0.3) is 0 Å². The van der Waals surface area contributed by atoms with E-state index in [4.69, 9.17) is 9.47 Å². The normalized spacial score (nSPS) is 11.2. The van der Waals surface area contributed by atoms with E-state index in [9.17, 15) is 14.4 Å². The molecule has 0 aliphatic carbocycles. The van der Waals surface area contributed by atoms with Crippen molar-refractivity contribution in [3.05, 3.63) is 68.6 Å². The van der Waals surface area contributed by atoms with Crippen LogP contribution in [0.25, 0.3) is 16.4 Å². The predicted octanol–water partition coefficient (Wildman–Crippen LogP) is 6.29. The Kier molecular flexibility index (Phi) is 7.45. The molecule has 0 unspecified atom stereocenters. The number of benzene rings is 1. The van der Waals surface area contributed by atoms with Gasteiger partial charge in [0.1, 0.15) is 0 Å². The van der Waals surface area contributed by atoms with Crippen LogP contribution in [0.2, 0.25) is 0 Å². The number of carbonyl (C=O) groups excluding carboxylic acids is 3. The maximum Gasteiger partial charge on any atom is 0.341 e. The van der Waals surface area contributed by atoms with Gasteiger partial charge in [-0.2, -0.15) is 0 Å². The van der Waals surface area contributed by atoms with E-state index in [0.29, 0.717) is 33.5 Å². The summed E-state index contributed by atoms with van der Waals surface area (Å²) in [6, 6.07) is 10.9. The number of aryl methyl sites for hydroxylation is 1. The Balaban J connectivity index is 1.98. The molecule has 3 heterocycles. The second-order valence-corrected chi connectivity index (χ2v) is 10.6. The Bertz CT molecular complexity index is 1400. The van der Waals surface area contributed by atoms with Crippen LogP contribution in [-0.4, -0.2) is 41.1 Å². The molecule has 4 aromatic rings. The van der Waals surface area contributed by atoms with Crippen molar-refractivity contribution in [2.45, 2.75) is 25.0 Å². The number of thioether (sulfide) groups is 1. The number of carbonyl (C=O) groups is 3. The van der Waals surface area contributed by atoms with E-state index in [1.807, 2.05) is 29.7 Å². The molecule has 0 spiro atoms. The number of thiophene rings is 1. The molecular weight excluding hydrogens is 538 g/mol. The number of halogens is 1. The van der Waals surface area contributed by atoms with Crippen LogP contribution in [0.5, 0.6) is 0 Å². The standard InChI is InChI=1S/C25H22BrNO5S2/c1-4-31-18(28)13-33-25-21-20(23(34-25)22(29)15-6-8-16(26)9-7-15)19(24(30)32-5-2)17-12-14(3)10-11-27(17)21/h6-12H,4-5,13H2,1-3H3. The molecule has 0 saturated heterocycles. The quantitative estimate of drug-likeness (QED) is 0.143. The van der Waals surface area contributed by atoms with Crippen molar-refractivity contribution < 1.29 is 23.9 Å². The van der Waals surface area contributed by atoms with Crippen molar-refractivity contribution in [1.82, 2.24) is 4.40 Å². The van der Waals surface area contributed by atoms with Gasteiger partial charge in [-0.25, -0.2) is 4.79 Å². The van der Waals surface area contributed by atoms with Crippen LogP contribution in [0, 0.1) is 6.92 Å². The number of hydrogen-bond donors (Lipinski definition) is 0. The molecule has 0 amide bonds. The SMILES string of the molecule is CCOC(=O)CSc1sc(C(=O)c2ccc(Br)cc2)c2c(C(=O)OCC)c3cc(C)ccn3c12. The van der Waals surface area contributed by atoms with E-state index in [0.717, 1.165) is 19.8 Å². The average Bonchev–Trinajstić information content (AvgIpc) is 3.33. The van der Waals surface area contributed by atoms with Crippen molar-refractivity contribution in [3.63, 3.8) is 0 Å². The molecule has 0 N–H and O–H groups in total. The van der Waals surface area contributed by atoms with Gasteiger partial charge in [0.05, 0.1) is 44.6 Å². The Morgan fingerprint density at radius 3 is 2.44 bits per heavy atom. The van der Waals surface area contributed by atoms with E-state index in [-0.39, 0.29) is 24.1 Å². The van der Waals surface area contributed by atoms with Crippen LogP contribution in [0.3, 0.4) is 0 Å². The van der Waals surface area contributed by atoms with Crippen molar-refractivity contribution in [2.24, 2.45) is 0 Å². The first-order valence-electron chi connectivity index (χ1n) is 10.7. The third kappa shape index (κ3) is 4.64. The molecule has 0 fully saturated rings. The van der Waals surface area contributed by atoms with E-state index in [1.165, 1.54) is 23.1 Å². The summed E-state index contributed by atoms with van der Waals surface area (Å²) in [6.07, 6.45) is 1.88. The Morgan fingerprint density at radius 1 is 1.06 bits per heavy atom. The van der Waals surface area contributed by atoms with Gasteiger partial charge in [-0.15, -0.1) is 23.1 Å². The highest BCUT2D eigenvalue weighted by Gasteiger charge is 2.30. The Labute approximate surface area is 213 Å². The molecular formula is C25H22BrNO5S2. The van der Waals surface area contributed by atoms with Crippen molar-refractivity contribution >= 4 is 73.2 Å². The smallest absolute Gasteiger partial charge is 0.341 e. The first-order valence-corrected chi connectivity index (χ1v) is 13.3. The van der Waals surface area contributed by atoms with Gasteiger partial charge in [0, 0.05) is 21.6 Å². The fraction of sp³-hybridized carbons (Fsp3) is 0.240. The van der Waals surface area contributed by atoms with Gasteiger partial charge in [-0.3, -0.25) is 9.59 Å². The minimum atomic E-state index is -0.481. The van der Waals surface area contributed by atoms with Crippen LogP contribution in [-0.2, 0) is 14.3 Å². The topological polar surface area (TPSA) is 74.1 Å². The molecule has 0 bridgehead atoms. The Morgan fingerprint density at radius 2 is 1.76 bits per heavy atom. The summed E-state index contributed by atoms with van der Waals surface area (Å²) >= 11 is 5.98. The van der Waals surface area contributed by atoms with Crippen LogP contribution >= 0.6 is 39.0 Å². The minimum absolute atomic E-state index is 0.100. The molecule has 0 atom stereocenters. The lowest BCUT2D eigenvalue weighted by Crippen LogP contribution is -2.06. The first-order chi connectivity index (χ1) is 16.3. The number of pyridine rings is 1. The molecule has 1 aromatic carbocycles. The summed E-state index contributed by atoms with van der Waals surface area (Å²) in [5, 5.41) is 0.549. The lowest BCUT2D eigenvalue weighted by Gasteiger charge is -2.05. The van der Waals surface area contributed by atoms with Crippen molar-refractivity contribution in [1.29, 1.82) is 0 Å². The molecule has 4 rings (SSSR count). The second kappa shape index (κ2) is 10.3. The highest BCUT2D eigenvalue weighted by atomic mass is 79.9. The van der Waals surface area contributed by atoms with Crippen LogP contribution in [0.15, 0.2) is 51.3 Å². The van der Waals surface area contributed by atoms with E-state index in [2.05, 4.69) is 15.9 Å². The average molecular weight is 560 g/mol. The molecule has 9 heteroatoms. The number of ether oxygens (including phenoxy) is 2. The summed E-state index contributed by atoms with van der Waals surface area (Å²) in [4.78, 5) is 39.3. The third-order valence-electron chi connectivity index (χ3n) is 5.13. The maximum atomic E-state index is 13.6. The van der Waals surface area contributed by atoms with Gasteiger partial charge in [-0.05, 0) is 62.7 Å². The summed E-state index contributed by atoms with van der Waals surface area (Å²) in [5.41, 5.74) is 3.23. The predicted molar refractivity (Wildman–Crippen MR) is 138 cm³/mol. The molecule has 0 aliphatic rings. The summed E-state index contributed by atoms with van der Waals surface area (Å²) in [6.45, 7) is 5.97. The number of esters is 2. The van der Waals surface area contributed by atoms with Crippen LogP contribution in [0.1, 0.15) is 45.0 Å². The molecule has 6 nitrogen and oxygen atoms in total. The van der Waals surface area contributed by atoms with E-state index in [1.54, 1.807) is 38.1 Å². The molecule has 34 heavy (non-hydrogen) atoms. The molecule has 3 aromatic heterocycles. The largest absolute Gasteiger partial charge is 0.465 e. The fourth-order valence-corrected chi connectivity index (χ4v) is 6.29. The van der Waals surface area contributed by atoms with Gasteiger partial charge < -0.3 is 13.9 Å². The van der Waals surface area contributed by atoms with Crippen LogP contribution in [0.4, 0.5) is 0 Å². The summed E-state index contributed by atoms with van der Waals surface area (Å²) < 4.78 is 14.0. The van der Waals surface area contributed by atoms with Gasteiger partial charge in [-0.1, -0.05) is 15.9 Å². The highest BCUT2D eigenvalue weighted by molar-refractivity contribution is 9.10. The number of fused-ring (bicyclic) bond motifs is 3. The Hall–Kier alpha value is -2.62. The zero-order valence-electron chi connectivity index (χ0n) is 18.8. The van der Waals surface area contributed by atoms with Gasteiger partial charge >= 0.3 is 11.9 Å². The zero-order valence-corrected chi connectivity index (χ0v) is 22.1. The van der Waals surface area contributed by atoms with Crippen LogP contribution < -0.4 is 0 Å². The number of hydrogen-bond acceptors (Lipinski definition) is 7. The molecule has 0 aliphatic heterocycles. The summed E-state index contributed by atoms with van der Waals surface area (Å²) in [7, 11) is 0. The lowest BCUT2D eigenvalue weighted by molar-refractivity contribution is -0.139. The van der Waals surface area contributed by atoms with E-state index >= 15 is 0 Å².